The first-order valence-corrected chi connectivity index (χ1v) is 6.63. The van der Waals surface area contributed by atoms with Crippen LogP contribution in [-0.4, -0.2) is 44.7 Å². The number of ketones is 1. The summed E-state index contributed by atoms with van der Waals surface area (Å²) in [4.78, 5) is 34.4. The quantitative estimate of drug-likeness (QED) is 0.313. The van der Waals surface area contributed by atoms with Crippen LogP contribution in [0.15, 0.2) is 36.4 Å². The highest BCUT2D eigenvalue weighted by Crippen LogP contribution is 2.05. The molecule has 0 atom stereocenters. The molecule has 0 radical (unpaired) electrons. The minimum absolute atomic E-state index is 0.0978. The lowest BCUT2D eigenvalue weighted by Gasteiger charge is -2.03. The first kappa shape index (κ1) is 17.6. The molecule has 0 spiro atoms. The van der Waals surface area contributed by atoms with Crippen LogP contribution >= 0.6 is 0 Å². The summed E-state index contributed by atoms with van der Waals surface area (Å²) >= 11 is 0. The van der Waals surface area contributed by atoms with Crippen molar-refractivity contribution in [3.8, 4) is 0 Å². The zero-order valence-electron chi connectivity index (χ0n) is 12.5. The zero-order valence-corrected chi connectivity index (χ0v) is 12.5. The van der Waals surface area contributed by atoms with E-state index >= 15 is 0 Å². The van der Waals surface area contributed by atoms with Crippen LogP contribution in [0.5, 0.6) is 0 Å². The van der Waals surface area contributed by atoms with Crippen molar-refractivity contribution in [3.05, 3.63) is 47.5 Å². The molecule has 0 amide bonds. The number of benzene rings is 1. The summed E-state index contributed by atoms with van der Waals surface area (Å²) in [5, 5.41) is 0. The van der Waals surface area contributed by atoms with Crippen LogP contribution in [0.2, 0.25) is 0 Å². The standard InChI is InChI=1S/C16H18O6/c1-12-4-3-5-13(10-12)14(17)11-22-16(19)7-6-15(18)21-9-8-20-2/h3-7,10H,8-9,11H2,1-2H3/b7-6+. The SMILES string of the molecule is COCCOC(=O)/C=C/C(=O)OCC(=O)c1cccc(C)c1. The lowest BCUT2D eigenvalue weighted by Crippen LogP contribution is -2.13. The van der Waals surface area contributed by atoms with Gasteiger partial charge in [0, 0.05) is 24.8 Å². The lowest BCUT2D eigenvalue weighted by molar-refractivity contribution is -0.140. The number of hydrogen-bond acceptors (Lipinski definition) is 6. The third-order valence-corrected chi connectivity index (χ3v) is 2.57. The fourth-order valence-electron chi connectivity index (χ4n) is 1.50. The van der Waals surface area contributed by atoms with Gasteiger partial charge in [0.25, 0.3) is 0 Å². The third-order valence-electron chi connectivity index (χ3n) is 2.57. The van der Waals surface area contributed by atoms with E-state index in [2.05, 4.69) is 0 Å². The Kier molecular flexibility index (Phi) is 7.56. The number of esters is 2. The molecular weight excluding hydrogens is 288 g/mol. The van der Waals surface area contributed by atoms with Gasteiger partial charge in [0.1, 0.15) is 6.61 Å². The maximum atomic E-state index is 11.8. The number of carbonyl (C=O) groups excluding carboxylic acids is 3. The average molecular weight is 306 g/mol. The van der Waals surface area contributed by atoms with Crippen LogP contribution < -0.4 is 0 Å². The van der Waals surface area contributed by atoms with Crippen LogP contribution in [0.25, 0.3) is 0 Å². The number of aryl methyl sites for hydroxylation is 1. The molecule has 1 aromatic carbocycles. The van der Waals surface area contributed by atoms with Gasteiger partial charge in [0.15, 0.2) is 12.4 Å². The van der Waals surface area contributed by atoms with Crippen molar-refractivity contribution in [2.75, 3.05) is 26.9 Å². The average Bonchev–Trinajstić information content (AvgIpc) is 2.50. The fraction of sp³-hybridized carbons (Fsp3) is 0.312. The van der Waals surface area contributed by atoms with Gasteiger partial charge in [-0.15, -0.1) is 0 Å². The molecule has 6 heteroatoms. The van der Waals surface area contributed by atoms with Crippen molar-refractivity contribution in [3.63, 3.8) is 0 Å². The number of Topliss-reactive ketones (excluding diaryl/α,β-unsaturated/α-hetero) is 1. The molecule has 1 rings (SSSR count). The maximum Gasteiger partial charge on any atom is 0.331 e. The molecule has 1 aromatic rings. The number of carbonyl (C=O) groups is 3. The van der Waals surface area contributed by atoms with E-state index in [9.17, 15) is 14.4 Å². The molecule has 0 aliphatic rings. The normalized spacial score (nSPS) is 10.5. The molecule has 22 heavy (non-hydrogen) atoms. The van der Waals surface area contributed by atoms with Crippen molar-refractivity contribution in [2.45, 2.75) is 6.92 Å². The number of methoxy groups -OCH3 is 1. The van der Waals surface area contributed by atoms with Crippen molar-refractivity contribution in [1.82, 2.24) is 0 Å². The Balaban J connectivity index is 2.36. The Morgan fingerprint density at radius 1 is 1.05 bits per heavy atom. The van der Waals surface area contributed by atoms with Gasteiger partial charge in [-0.1, -0.05) is 23.8 Å². The summed E-state index contributed by atoms with van der Waals surface area (Å²) in [5.74, 6) is -1.78. The highest BCUT2D eigenvalue weighted by Gasteiger charge is 2.08. The van der Waals surface area contributed by atoms with E-state index in [0.29, 0.717) is 5.56 Å². The van der Waals surface area contributed by atoms with Gasteiger partial charge in [-0.3, -0.25) is 4.79 Å². The molecule has 0 saturated carbocycles. The second-order valence-corrected chi connectivity index (χ2v) is 4.39. The molecule has 0 aliphatic carbocycles. The zero-order chi connectivity index (χ0) is 16.4. The second kappa shape index (κ2) is 9.46. The molecule has 0 saturated heterocycles. The van der Waals surface area contributed by atoms with E-state index in [1.165, 1.54) is 7.11 Å². The van der Waals surface area contributed by atoms with E-state index in [-0.39, 0.29) is 25.6 Å². The van der Waals surface area contributed by atoms with Gasteiger partial charge in [-0.25, -0.2) is 9.59 Å². The van der Waals surface area contributed by atoms with Crippen LogP contribution in [0.1, 0.15) is 15.9 Å². The molecule has 0 bridgehead atoms. The molecule has 0 fully saturated rings. The molecule has 0 aromatic heterocycles. The van der Waals surface area contributed by atoms with Crippen LogP contribution in [0.4, 0.5) is 0 Å². The molecule has 0 aliphatic heterocycles. The van der Waals surface area contributed by atoms with E-state index in [1.807, 2.05) is 13.0 Å². The van der Waals surface area contributed by atoms with Gasteiger partial charge in [-0.2, -0.15) is 0 Å². The molecule has 0 N–H and O–H groups in total. The van der Waals surface area contributed by atoms with Gasteiger partial charge in [-0.05, 0) is 13.0 Å². The second-order valence-electron chi connectivity index (χ2n) is 4.39. The topological polar surface area (TPSA) is 78.9 Å². The smallest absolute Gasteiger partial charge is 0.331 e. The number of ether oxygens (including phenoxy) is 3. The Morgan fingerprint density at radius 2 is 1.73 bits per heavy atom. The van der Waals surface area contributed by atoms with Gasteiger partial charge in [0.2, 0.25) is 0 Å². The highest BCUT2D eigenvalue weighted by molar-refractivity contribution is 5.99. The Morgan fingerprint density at radius 3 is 2.36 bits per heavy atom. The molecular formula is C16H18O6. The van der Waals surface area contributed by atoms with Crippen molar-refractivity contribution in [1.29, 1.82) is 0 Å². The summed E-state index contributed by atoms with van der Waals surface area (Å²) in [7, 11) is 1.48. The summed E-state index contributed by atoms with van der Waals surface area (Å²) in [6, 6.07) is 6.96. The predicted molar refractivity (Wildman–Crippen MR) is 78.4 cm³/mol. The summed E-state index contributed by atoms with van der Waals surface area (Å²) < 4.78 is 14.2. The van der Waals surface area contributed by atoms with Gasteiger partial charge >= 0.3 is 11.9 Å². The van der Waals surface area contributed by atoms with E-state index in [1.54, 1.807) is 18.2 Å². The maximum absolute atomic E-state index is 11.8. The molecule has 0 unspecified atom stereocenters. The first-order valence-electron chi connectivity index (χ1n) is 6.63. The van der Waals surface area contributed by atoms with Crippen molar-refractivity contribution in [2.24, 2.45) is 0 Å². The van der Waals surface area contributed by atoms with Crippen molar-refractivity contribution >= 4 is 17.7 Å². The first-order chi connectivity index (χ1) is 10.5. The minimum atomic E-state index is -0.787. The monoisotopic (exact) mass is 306 g/mol. The molecule has 118 valence electrons. The molecule has 6 nitrogen and oxygen atoms in total. The summed E-state index contributed by atoms with van der Waals surface area (Å²) in [6.07, 6.45) is 1.85. The Hall–Kier alpha value is -2.47. The van der Waals surface area contributed by atoms with Crippen LogP contribution in [-0.2, 0) is 23.8 Å². The molecule has 0 heterocycles. The van der Waals surface area contributed by atoms with Gasteiger partial charge in [0.05, 0.1) is 6.61 Å². The number of hydrogen-bond donors (Lipinski definition) is 0. The third kappa shape index (κ3) is 6.81. The minimum Gasteiger partial charge on any atom is -0.460 e. The Bertz CT molecular complexity index is 562. The fourth-order valence-corrected chi connectivity index (χ4v) is 1.50. The highest BCUT2D eigenvalue weighted by atomic mass is 16.6. The van der Waals surface area contributed by atoms with Crippen molar-refractivity contribution < 1.29 is 28.6 Å². The predicted octanol–water partition coefficient (Wildman–Crippen LogP) is 1.47. The van der Waals surface area contributed by atoms with Gasteiger partial charge < -0.3 is 14.2 Å². The summed E-state index contributed by atoms with van der Waals surface area (Å²) in [6.45, 7) is 1.85. The number of rotatable bonds is 8. The van der Waals surface area contributed by atoms with Crippen LogP contribution in [0, 0.1) is 6.92 Å². The van der Waals surface area contributed by atoms with E-state index < -0.39 is 11.9 Å². The Labute approximate surface area is 128 Å². The summed E-state index contributed by atoms with van der Waals surface area (Å²) in [5.41, 5.74) is 1.41. The van der Waals surface area contributed by atoms with E-state index in [0.717, 1.165) is 17.7 Å². The van der Waals surface area contributed by atoms with E-state index in [4.69, 9.17) is 14.2 Å². The lowest BCUT2D eigenvalue weighted by atomic mass is 10.1. The van der Waals surface area contributed by atoms with Crippen LogP contribution in [0.3, 0.4) is 0 Å². The largest absolute Gasteiger partial charge is 0.460 e.